The molecule has 0 heterocycles. The molecule has 0 amide bonds. The number of benzene rings is 2. The Balaban J connectivity index is 0.00000420. The molecule has 2 aromatic rings. The minimum atomic E-state index is 0. The summed E-state index contributed by atoms with van der Waals surface area (Å²) in [5.41, 5.74) is 7.34. The van der Waals surface area contributed by atoms with Crippen LogP contribution in [-0.2, 0) is 19.5 Å². The molecule has 0 aliphatic heterocycles. The first-order valence-electron chi connectivity index (χ1n) is 10.2. The van der Waals surface area contributed by atoms with E-state index in [1.165, 1.54) is 22.3 Å². The molecule has 0 N–H and O–H groups in total. The van der Waals surface area contributed by atoms with Crippen molar-refractivity contribution in [3.8, 4) is 0 Å². The number of rotatable bonds is 11. The Labute approximate surface area is 190 Å². The van der Waals surface area contributed by atoms with Crippen molar-refractivity contribution in [1.82, 2.24) is 9.80 Å². The van der Waals surface area contributed by atoms with Crippen LogP contribution in [0, 0.1) is 27.7 Å². The number of nitrogens with zero attached hydrogens (tertiary/aromatic N) is 4. The predicted octanol–water partition coefficient (Wildman–Crippen LogP) is 5.49. The summed E-state index contributed by atoms with van der Waals surface area (Å²) in [7, 11) is 4.35. The minimum absolute atomic E-state index is 0. The van der Waals surface area contributed by atoms with E-state index in [1.54, 1.807) is 0 Å². The molecule has 0 saturated heterocycles. The molecule has 29 heavy (non-hydrogen) atoms. The van der Waals surface area contributed by atoms with E-state index < -0.39 is 0 Å². The Morgan fingerprint density at radius 2 is 0.897 bits per heavy atom. The Bertz CT molecular complexity index is 644. The topological polar surface area (TPSA) is 34.7 Å². The fourth-order valence-electron chi connectivity index (χ4n) is 3.34. The van der Waals surface area contributed by atoms with Gasteiger partial charge in [0.2, 0.25) is 0 Å². The van der Waals surface area contributed by atoms with Gasteiger partial charge in [-0.15, -0.1) is 24.5 Å². The molecule has 0 radical (unpaired) electrons. The first-order chi connectivity index (χ1) is 13.4. The summed E-state index contributed by atoms with van der Waals surface area (Å²) in [6, 6.07) is 12.7. The number of para-hydroxylation sites is 2. The van der Waals surface area contributed by atoms with E-state index in [1.807, 2.05) is 0 Å². The van der Waals surface area contributed by atoms with E-state index in [9.17, 15) is 0 Å². The maximum absolute atomic E-state index is 4.80. The van der Waals surface area contributed by atoms with Gasteiger partial charge in [-0.1, -0.05) is 58.7 Å². The number of likely N-dealkylation sites (N-methyl/N-ethyl adjacent to an activating group) is 2. The first-order valence-corrected chi connectivity index (χ1v) is 10.2. The molecule has 0 unspecified atom stereocenters. The van der Waals surface area contributed by atoms with Gasteiger partial charge in [0.25, 0.3) is 0 Å². The standard InChI is InChI=1S/C24H36N4.Zn/c1-19-9-7-10-20(2)23(19)25-13-15-27(5)17-18-28(6)16-14-26-24-21(3)11-8-12-22(24)4;/h7-12H,13-18H2,1-6H3;/q-2;+2. The van der Waals surface area contributed by atoms with Crippen LogP contribution in [-0.4, -0.2) is 63.2 Å². The molecule has 0 spiro atoms. The van der Waals surface area contributed by atoms with Crippen LogP contribution in [0.2, 0.25) is 0 Å². The number of hydrogen-bond acceptors (Lipinski definition) is 2. The summed E-state index contributed by atoms with van der Waals surface area (Å²) in [5.74, 6) is 0. The van der Waals surface area contributed by atoms with Crippen LogP contribution in [0.4, 0.5) is 11.4 Å². The van der Waals surface area contributed by atoms with Gasteiger partial charge >= 0.3 is 19.5 Å². The van der Waals surface area contributed by atoms with Crippen LogP contribution in [0.25, 0.3) is 10.6 Å². The predicted molar refractivity (Wildman–Crippen MR) is 123 cm³/mol. The van der Waals surface area contributed by atoms with Crippen LogP contribution in [0.3, 0.4) is 0 Å². The summed E-state index contributed by atoms with van der Waals surface area (Å²) in [5, 5.41) is 9.60. The average Bonchev–Trinajstić information content (AvgIpc) is 2.65. The third kappa shape index (κ3) is 8.46. The molecule has 0 fully saturated rings. The Morgan fingerprint density at radius 3 is 1.21 bits per heavy atom. The summed E-state index contributed by atoms with van der Waals surface area (Å²) in [6.45, 7) is 14.3. The van der Waals surface area contributed by atoms with Gasteiger partial charge in [0, 0.05) is 13.1 Å². The summed E-state index contributed by atoms with van der Waals surface area (Å²) < 4.78 is 0. The van der Waals surface area contributed by atoms with E-state index in [0.717, 1.165) is 50.6 Å². The van der Waals surface area contributed by atoms with E-state index in [-0.39, 0.29) is 19.5 Å². The zero-order chi connectivity index (χ0) is 20.5. The van der Waals surface area contributed by atoms with Crippen LogP contribution < -0.4 is 0 Å². The van der Waals surface area contributed by atoms with Crippen LogP contribution in [0.1, 0.15) is 22.3 Å². The van der Waals surface area contributed by atoms with Gasteiger partial charge in [0.05, 0.1) is 0 Å². The molecular weight excluding hydrogens is 410 g/mol. The third-order valence-corrected chi connectivity index (χ3v) is 5.25. The van der Waals surface area contributed by atoms with Crippen molar-refractivity contribution in [1.29, 1.82) is 0 Å². The Morgan fingerprint density at radius 1 is 0.586 bits per heavy atom. The fraction of sp³-hybridized carbons (Fsp3) is 0.500. The molecule has 0 aliphatic carbocycles. The molecule has 4 nitrogen and oxygen atoms in total. The SMILES string of the molecule is Cc1cccc(C)c1[N-]CCN(C)CCN(C)CC[N-]c1c(C)cccc1C.[Zn+2]. The van der Waals surface area contributed by atoms with Gasteiger partial charge in [0.1, 0.15) is 0 Å². The molecule has 0 bridgehead atoms. The van der Waals surface area contributed by atoms with Gasteiger partial charge in [-0.05, 0) is 54.9 Å². The summed E-state index contributed by atoms with van der Waals surface area (Å²) in [6.07, 6.45) is 0. The normalized spacial score (nSPS) is 10.9. The zero-order valence-electron chi connectivity index (χ0n) is 19.2. The molecule has 0 aliphatic rings. The van der Waals surface area contributed by atoms with Gasteiger partial charge < -0.3 is 20.4 Å². The van der Waals surface area contributed by atoms with E-state index in [2.05, 4.69) is 88.0 Å². The van der Waals surface area contributed by atoms with Gasteiger partial charge in [-0.2, -0.15) is 0 Å². The van der Waals surface area contributed by atoms with E-state index in [4.69, 9.17) is 10.6 Å². The Kier molecular flexibility index (Phi) is 11.5. The van der Waals surface area contributed by atoms with Crippen LogP contribution in [0.5, 0.6) is 0 Å². The Hall–Kier alpha value is -1.42. The van der Waals surface area contributed by atoms with Crippen molar-refractivity contribution in [2.45, 2.75) is 27.7 Å². The second-order valence-corrected chi connectivity index (χ2v) is 7.85. The molecule has 154 valence electrons. The van der Waals surface area contributed by atoms with E-state index in [0.29, 0.717) is 0 Å². The van der Waals surface area contributed by atoms with Crippen molar-refractivity contribution < 1.29 is 19.5 Å². The van der Waals surface area contributed by atoms with Crippen LogP contribution >= 0.6 is 0 Å². The maximum atomic E-state index is 4.80. The smallest absolute Gasteiger partial charge is 0.683 e. The van der Waals surface area contributed by atoms with Crippen molar-refractivity contribution in [2.75, 3.05) is 53.4 Å². The quantitative estimate of drug-likeness (QED) is 0.428. The second-order valence-electron chi connectivity index (χ2n) is 7.85. The molecular formula is C24H36N4Zn. The van der Waals surface area contributed by atoms with Crippen molar-refractivity contribution in [2.24, 2.45) is 0 Å². The molecule has 2 aromatic carbocycles. The van der Waals surface area contributed by atoms with Gasteiger partial charge in [-0.25, -0.2) is 0 Å². The molecule has 0 aromatic heterocycles. The molecule has 5 heteroatoms. The third-order valence-electron chi connectivity index (χ3n) is 5.25. The number of hydrogen-bond donors (Lipinski definition) is 0. The van der Waals surface area contributed by atoms with Crippen molar-refractivity contribution in [3.05, 3.63) is 69.3 Å². The average molecular weight is 446 g/mol. The first kappa shape index (κ1) is 25.6. The maximum Gasteiger partial charge on any atom is 2.00 e. The van der Waals surface area contributed by atoms with Gasteiger partial charge in [-0.3, -0.25) is 0 Å². The molecule has 2 rings (SSSR count). The second kappa shape index (κ2) is 13.0. The number of aryl methyl sites for hydroxylation is 4. The van der Waals surface area contributed by atoms with Crippen molar-refractivity contribution >= 4 is 11.4 Å². The summed E-state index contributed by atoms with van der Waals surface area (Å²) in [4.78, 5) is 4.71. The molecule has 0 saturated carbocycles. The van der Waals surface area contributed by atoms with E-state index >= 15 is 0 Å². The van der Waals surface area contributed by atoms with Gasteiger partial charge in [0.15, 0.2) is 0 Å². The fourth-order valence-corrected chi connectivity index (χ4v) is 3.34. The minimum Gasteiger partial charge on any atom is -0.683 e. The van der Waals surface area contributed by atoms with Crippen LogP contribution in [0.15, 0.2) is 36.4 Å². The van der Waals surface area contributed by atoms with Crippen molar-refractivity contribution in [3.63, 3.8) is 0 Å². The largest absolute Gasteiger partial charge is 2.00 e. The monoisotopic (exact) mass is 444 g/mol. The summed E-state index contributed by atoms with van der Waals surface area (Å²) >= 11 is 0. The zero-order valence-corrected chi connectivity index (χ0v) is 22.2. The molecule has 0 atom stereocenters.